The number of hydrogen-bond donors (Lipinski definition) is 1. The van der Waals surface area contributed by atoms with E-state index in [9.17, 15) is 0 Å². The standard InChI is InChI=1S/C11H25NO/c1-4-11(3)13-10-8-6-7-9-12-5-2/h11-12H,4-10H2,1-3H3. The van der Waals surface area contributed by atoms with E-state index in [0.29, 0.717) is 6.10 Å². The van der Waals surface area contributed by atoms with Gasteiger partial charge >= 0.3 is 0 Å². The maximum Gasteiger partial charge on any atom is 0.0544 e. The second-order valence-electron chi connectivity index (χ2n) is 3.50. The van der Waals surface area contributed by atoms with Crippen LogP contribution in [-0.4, -0.2) is 25.8 Å². The molecule has 13 heavy (non-hydrogen) atoms. The van der Waals surface area contributed by atoms with E-state index >= 15 is 0 Å². The summed E-state index contributed by atoms with van der Waals surface area (Å²) < 4.78 is 5.58. The first-order chi connectivity index (χ1) is 6.31. The third kappa shape index (κ3) is 9.84. The Bertz CT molecular complexity index is 96.1. The Kier molecular flexibility index (Phi) is 9.94. The topological polar surface area (TPSA) is 21.3 Å². The van der Waals surface area contributed by atoms with Crippen molar-refractivity contribution in [2.75, 3.05) is 19.7 Å². The molecule has 0 aromatic heterocycles. The third-order valence-corrected chi connectivity index (χ3v) is 2.23. The molecule has 0 rings (SSSR count). The second-order valence-corrected chi connectivity index (χ2v) is 3.50. The van der Waals surface area contributed by atoms with Crippen molar-refractivity contribution >= 4 is 0 Å². The molecule has 0 spiro atoms. The van der Waals surface area contributed by atoms with E-state index < -0.39 is 0 Å². The van der Waals surface area contributed by atoms with Crippen LogP contribution in [0.3, 0.4) is 0 Å². The highest BCUT2D eigenvalue weighted by atomic mass is 16.5. The first kappa shape index (κ1) is 12.9. The Labute approximate surface area is 83.1 Å². The van der Waals surface area contributed by atoms with Crippen molar-refractivity contribution < 1.29 is 4.74 Å². The molecule has 0 aliphatic heterocycles. The molecule has 0 fully saturated rings. The summed E-state index contributed by atoms with van der Waals surface area (Å²) in [6, 6.07) is 0. The van der Waals surface area contributed by atoms with Crippen molar-refractivity contribution in [3.8, 4) is 0 Å². The van der Waals surface area contributed by atoms with Crippen LogP contribution in [0, 0.1) is 0 Å². The van der Waals surface area contributed by atoms with Crippen LogP contribution in [0.15, 0.2) is 0 Å². The van der Waals surface area contributed by atoms with Gasteiger partial charge in [0.05, 0.1) is 6.10 Å². The van der Waals surface area contributed by atoms with Gasteiger partial charge in [0.15, 0.2) is 0 Å². The Hall–Kier alpha value is -0.0800. The van der Waals surface area contributed by atoms with Gasteiger partial charge in [0.2, 0.25) is 0 Å². The summed E-state index contributed by atoms with van der Waals surface area (Å²) in [6.45, 7) is 9.62. The van der Waals surface area contributed by atoms with Crippen molar-refractivity contribution in [1.29, 1.82) is 0 Å². The molecule has 0 saturated carbocycles. The SMILES string of the molecule is CCNCCCCCOC(C)CC. The summed E-state index contributed by atoms with van der Waals surface area (Å²) >= 11 is 0. The third-order valence-electron chi connectivity index (χ3n) is 2.23. The molecule has 0 radical (unpaired) electrons. The fraction of sp³-hybridized carbons (Fsp3) is 1.00. The number of unbranched alkanes of at least 4 members (excludes halogenated alkanes) is 2. The van der Waals surface area contributed by atoms with Crippen LogP contribution >= 0.6 is 0 Å². The lowest BCUT2D eigenvalue weighted by atomic mass is 10.2. The van der Waals surface area contributed by atoms with Crippen LogP contribution in [0.5, 0.6) is 0 Å². The van der Waals surface area contributed by atoms with Gasteiger partial charge in [0.25, 0.3) is 0 Å². The quantitative estimate of drug-likeness (QED) is 0.560. The van der Waals surface area contributed by atoms with Crippen molar-refractivity contribution in [3.63, 3.8) is 0 Å². The van der Waals surface area contributed by atoms with Gasteiger partial charge in [-0.3, -0.25) is 0 Å². The highest BCUT2D eigenvalue weighted by Crippen LogP contribution is 2.00. The van der Waals surface area contributed by atoms with Gasteiger partial charge in [-0.25, -0.2) is 0 Å². The number of nitrogens with one attached hydrogen (secondary N) is 1. The van der Waals surface area contributed by atoms with Crippen molar-refractivity contribution in [3.05, 3.63) is 0 Å². The summed E-state index contributed by atoms with van der Waals surface area (Å²) in [6.07, 6.45) is 5.32. The van der Waals surface area contributed by atoms with Gasteiger partial charge in [-0.2, -0.15) is 0 Å². The van der Waals surface area contributed by atoms with E-state index in [4.69, 9.17) is 4.74 Å². The second kappa shape index (κ2) is 10.0. The molecule has 2 heteroatoms. The molecule has 2 nitrogen and oxygen atoms in total. The average Bonchev–Trinajstić information content (AvgIpc) is 2.16. The first-order valence-electron chi connectivity index (χ1n) is 5.63. The molecule has 0 aromatic rings. The lowest BCUT2D eigenvalue weighted by Gasteiger charge is -2.09. The van der Waals surface area contributed by atoms with Crippen molar-refractivity contribution in [2.24, 2.45) is 0 Å². The van der Waals surface area contributed by atoms with Crippen LogP contribution in [0.25, 0.3) is 0 Å². The molecule has 0 bridgehead atoms. The molecule has 0 aromatic carbocycles. The van der Waals surface area contributed by atoms with Gasteiger partial charge in [0, 0.05) is 6.61 Å². The Balaban J connectivity index is 2.91. The predicted molar refractivity (Wildman–Crippen MR) is 58.1 cm³/mol. The van der Waals surface area contributed by atoms with Gasteiger partial charge in [0.1, 0.15) is 0 Å². The summed E-state index contributed by atoms with van der Waals surface area (Å²) in [7, 11) is 0. The van der Waals surface area contributed by atoms with E-state index in [0.717, 1.165) is 26.1 Å². The van der Waals surface area contributed by atoms with E-state index in [-0.39, 0.29) is 0 Å². The summed E-state index contributed by atoms with van der Waals surface area (Å²) in [5.41, 5.74) is 0. The molecule has 0 amide bonds. The Morgan fingerprint density at radius 3 is 2.54 bits per heavy atom. The average molecular weight is 187 g/mol. The van der Waals surface area contributed by atoms with E-state index in [2.05, 4.69) is 26.1 Å². The minimum Gasteiger partial charge on any atom is -0.379 e. The zero-order valence-corrected chi connectivity index (χ0v) is 9.44. The fourth-order valence-corrected chi connectivity index (χ4v) is 1.11. The van der Waals surface area contributed by atoms with E-state index in [1.54, 1.807) is 0 Å². The molecule has 0 aliphatic carbocycles. The van der Waals surface area contributed by atoms with E-state index in [1.165, 1.54) is 19.3 Å². The van der Waals surface area contributed by atoms with Crippen LogP contribution in [-0.2, 0) is 4.74 Å². The maximum absolute atomic E-state index is 5.58. The summed E-state index contributed by atoms with van der Waals surface area (Å²) in [4.78, 5) is 0. The molecule has 1 unspecified atom stereocenters. The molecular formula is C11H25NO. The van der Waals surface area contributed by atoms with Crippen LogP contribution in [0.2, 0.25) is 0 Å². The Morgan fingerprint density at radius 1 is 1.15 bits per heavy atom. The highest BCUT2D eigenvalue weighted by molar-refractivity contribution is 4.48. The van der Waals surface area contributed by atoms with Crippen LogP contribution in [0.4, 0.5) is 0 Å². The van der Waals surface area contributed by atoms with Gasteiger partial charge in [-0.05, 0) is 45.7 Å². The molecule has 0 heterocycles. The molecule has 80 valence electrons. The lowest BCUT2D eigenvalue weighted by Crippen LogP contribution is -2.14. The van der Waals surface area contributed by atoms with Gasteiger partial charge < -0.3 is 10.1 Å². The molecular weight excluding hydrogens is 162 g/mol. The zero-order chi connectivity index (χ0) is 9.94. The monoisotopic (exact) mass is 187 g/mol. The van der Waals surface area contributed by atoms with Gasteiger partial charge in [-0.1, -0.05) is 13.8 Å². The van der Waals surface area contributed by atoms with Crippen LogP contribution < -0.4 is 5.32 Å². The predicted octanol–water partition coefficient (Wildman–Crippen LogP) is 2.58. The minimum atomic E-state index is 0.439. The van der Waals surface area contributed by atoms with Crippen molar-refractivity contribution in [1.82, 2.24) is 5.32 Å². The molecule has 0 saturated heterocycles. The van der Waals surface area contributed by atoms with Crippen molar-refractivity contribution in [2.45, 2.75) is 52.6 Å². The maximum atomic E-state index is 5.58. The number of rotatable bonds is 9. The molecule has 0 aliphatic rings. The zero-order valence-electron chi connectivity index (χ0n) is 9.44. The van der Waals surface area contributed by atoms with Gasteiger partial charge in [-0.15, -0.1) is 0 Å². The van der Waals surface area contributed by atoms with Crippen LogP contribution in [0.1, 0.15) is 46.5 Å². The first-order valence-corrected chi connectivity index (χ1v) is 5.63. The van der Waals surface area contributed by atoms with E-state index in [1.807, 2.05) is 0 Å². The lowest BCUT2D eigenvalue weighted by molar-refractivity contribution is 0.0609. The fourth-order valence-electron chi connectivity index (χ4n) is 1.11. The minimum absolute atomic E-state index is 0.439. The smallest absolute Gasteiger partial charge is 0.0544 e. The summed E-state index contributed by atoms with van der Waals surface area (Å²) in [5.74, 6) is 0. The Morgan fingerprint density at radius 2 is 1.92 bits per heavy atom. The highest BCUT2D eigenvalue weighted by Gasteiger charge is 1.96. The molecule has 1 N–H and O–H groups in total. The number of ether oxygens (including phenoxy) is 1. The normalized spacial score (nSPS) is 13.2. The largest absolute Gasteiger partial charge is 0.379 e. The molecule has 1 atom stereocenters. The number of hydrogen-bond acceptors (Lipinski definition) is 2. The summed E-state index contributed by atoms with van der Waals surface area (Å²) in [5, 5.41) is 3.32.